The van der Waals surface area contributed by atoms with Gasteiger partial charge in [0.2, 0.25) is 0 Å². The minimum absolute atomic E-state index is 0.0848. The lowest BCUT2D eigenvalue weighted by Crippen LogP contribution is -2.27. The number of rotatable bonds is 8. The van der Waals surface area contributed by atoms with E-state index in [-0.39, 0.29) is 11.7 Å². The van der Waals surface area contributed by atoms with E-state index in [1.807, 2.05) is 19.9 Å². The molecule has 0 spiro atoms. The minimum Gasteiger partial charge on any atom is -0.493 e. The lowest BCUT2D eigenvalue weighted by molar-refractivity contribution is -0.116. The number of benzene rings is 2. The van der Waals surface area contributed by atoms with E-state index in [1.54, 1.807) is 24.3 Å². The molecule has 0 bridgehead atoms. The number of Topliss-reactive ketones (excluding diaryl/α,β-unsaturated/α-hetero) is 1. The molecule has 0 saturated heterocycles. The molecule has 6 heteroatoms. The fraction of sp³-hybridized carbons (Fsp3) is 0.433. The van der Waals surface area contributed by atoms with Gasteiger partial charge in [0.1, 0.15) is 18.1 Å². The van der Waals surface area contributed by atoms with Gasteiger partial charge in [-0.05, 0) is 62.9 Å². The number of ketones is 1. The maximum absolute atomic E-state index is 13.7. The first-order chi connectivity index (χ1) is 17.4. The first-order valence-electron chi connectivity index (χ1n) is 12.8. The second kappa shape index (κ2) is 11.1. The minimum atomic E-state index is -0.484. The van der Waals surface area contributed by atoms with Gasteiger partial charge in [0.25, 0.3) is 0 Å². The lowest BCUT2D eigenvalue weighted by Gasteiger charge is -2.29. The molecule has 1 atom stereocenters. The maximum Gasteiger partial charge on any atom is 0.343 e. The highest BCUT2D eigenvalue weighted by atomic mass is 16.6. The predicted molar refractivity (Wildman–Crippen MR) is 140 cm³/mol. The molecule has 0 N–H and O–H groups in total. The zero-order chi connectivity index (χ0) is 25.8. The Morgan fingerprint density at radius 2 is 1.81 bits per heavy atom. The number of ether oxygens (including phenoxy) is 2. The van der Waals surface area contributed by atoms with Crippen LogP contribution in [0.2, 0.25) is 0 Å². The fourth-order valence-electron chi connectivity index (χ4n) is 5.26. The summed E-state index contributed by atoms with van der Waals surface area (Å²) in [5, 5.41) is 4.26. The van der Waals surface area contributed by atoms with E-state index >= 15 is 0 Å². The largest absolute Gasteiger partial charge is 0.493 e. The number of allylic oxidation sites excluding steroid dienone is 2. The molecule has 1 unspecified atom stereocenters. The third-order valence-electron chi connectivity index (χ3n) is 7.23. The Bertz CT molecular complexity index is 1230. The summed E-state index contributed by atoms with van der Waals surface area (Å²) in [5.74, 6) is 0.546. The zero-order valence-electron chi connectivity index (χ0n) is 21.9. The number of carbonyl (C=O) groups is 2. The van der Waals surface area contributed by atoms with Gasteiger partial charge in [0.15, 0.2) is 5.78 Å². The normalized spacial score (nSPS) is 17.6. The fourth-order valence-corrected chi connectivity index (χ4v) is 5.26. The van der Waals surface area contributed by atoms with E-state index in [0.29, 0.717) is 55.1 Å². The third kappa shape index (κ3) is 4.95. The van der Waals surface area contributed by atoms with E-state index in [4.69, 9.17) is 14.3 Å². The van der Waals surface area contributed by atoms with Crippen LogP contribution in [0.3, 0.4) is 0 Å². The smallest absolute Gasteiger partial charge is 0.343 e. The van der Waals surface area contributed by atoms with Gasteiger partial charge < -0.3 is 14.3 Å². The Labute approximate surface area is 213 Å². The van der Waals surface area contributed by atoms with Crippen LogP contribution in [0.5, 0.6) is 5.75 Å². The van der Waals surface area contributed by atoms with E-state index in [0.717, 1.165) is 29.7 Å². The first-order valence-corrected chi connectivity index (χ1v) is 12.8. The molecule has 1 aliphatic heterocycles. The lowest BCUT2D eigenvalue weighted by atomic mass is 9.77. The van der Waals surface area contributed by atoms with Crippen molar-refractivity contribution < 1.29 is 23.9 Å². The summed E-state index contributed by atoms with van der Waals surface area (Å²) in [5.41, 5.74) is 7.26. The predicted octanol–water partition coefficient (Wildman–Crippen LogP) is 6.30. The molecule has 2 aromatic rings. The molecule has 0 amide bonds. The summed E-state index contributed by atoms with van der Waals surface area (Å²) in [7, 11) is 0. The Kier molecular flexibility index (Phi) is 7.92. The molecular formula is C30H35NO5. The third-order valence-corrected chi connectivity index (χ3v) is 7.23. The summed E-state index contributed by atoms with van der Waals surface area (Å²) < 4.78 is 12.1. The Morgan fingerprint density at radius 1 is 1.06 bits per heavy atom. The number of carbonyl (C=O) groups excluding carboxylic acids is 2. The molecule has 2 aliphatic rings. The number of esters is 1. The van der Waals surface area contributed by atoms with Gasteiger partial charge in [-0.15, -0.1) is 0 Å². The van der Waals surface area contributed by atoms with Crippen LogP contribution in [0.4, 0.5) is 0 Å². The van der Waals surface area contributed by atoms with Crippen LogP contribution in [-0.2, 0) is 20.8 Å². The maximum atomic E-state index is 13.7. The number of fused-ring (bicyclic) bond motifs is 1. The van der Waals surface area contributed by atoms with Gasteiger partial charge in [-0.3, -0.25) is 4.79 Å². The summed E-state index contributed by atoms with van der Waals surface area (Å²) in [6.45, 7) is 11.3. The molecule has 2 aromatic carbocycles. The average molecular weight is 490 g/mol. The average Bonchev–Trinajstić information content (AvgIpc) is 3.36. The highest BCUT2D eigenvalue weighted by Gasteiger charge is 2.37. The highest BCUT2D eigenvalue weighted by Crippen LogP contribution is 2.46. The molecule has 36 heavy (non-hydrogen) atoms. The second-order valence-electron chi connectivity index (χ2n) is 9.48. The van der Waals surface area contributed by atoms with Crippen molar-refractivity contribution in [3.8, 4) is 5.75 Å². The van der Waals surface area contributed by atoms with E-state index < -0.39 is 5.97 Å². The van der Waals surface area contributed by atoms with Gasteiger partial charge in [0, 0.05) is 36.3 Å². The number of hydrogen-bond donors (Lipinski definition) is 0. The molecular weight excluding hydrogens is 454 g/mol. The van der Waals surface area contributed by atoms with Gasteiger partial charge in [-0.2, -0.15) is 0 Å². The van der Waals surface area contributed by atoms with Crippen molar-refractivity contribution in [3.63, 3.8) is 0 Å². The topological polar surface area (TPSA) is 74.2 Å². The van der Waals surface area contributed by atoms with Crippen LogP contribution in [-0.4, -0.2) is 30.7 Å². The van der Waals surface area contributed by atoms with Crippen molar-refractivity contribution in [2.45, 2.75) is 72.6 Å². The Morgan fingerprint density at radius 3 is 2.50 bits per heavy atom. The zero-order valence-corrected chi connectivity index (χ0v) is 21.9. The molecule has 1 heterocycles. The molecule has 0 fully saturated rings. The van der Waals surface area contributed by atoms with E-state index in [2.05, 4.69) is 25.9 Å². The monoisotopic (exact) mass is 489 g/mol. The second-order valence-corrected chi connectivity index (χ2v) is 9.48. The van der Waals surface area contributed by atoms with Gasteiger partial charge in [0.05, 0.1) is 23.5 Å². The number of hydrogen-bond acceptors (Lipinski definition) is 6. The molecule has 6 nitrogen and oxygen atoms in total. The molecule has 0 aromatic heterocycles. The van der Waals surface area contributed by atoms with Gasteiger partial charge in [-0.25, -0.2) is 4.79 Å². The first kappa shape index (κ1) is 25.7. The van der Waals surface area contributed by atoms with Crippen LogP contribution in [0, 0.1) is 20.8 Å². The van der Waals surface area contributed by atoms with Crippen LogP contribution in [0.1, 0.15) is 83.6 Å². The van der Waals surface area contributed by atoms with Crippen molar-refractivity contribution in [2.24, 2.45) is 5.16 Å². The van der Waals surface area contributed by atoms with Crippen molar-refractivity contribution in [3.05, 3.63) is 75.0 Å². The Balaban J connectivity index is 1.81. The summed E-state index contributed by atoms with van der Waals surface area (Å²) in [6, 6.07) is 8.84. The number of oxime groups is 1. The Hall–Kier alpha value is -3.41. The molecule has 190 valence electrons. The van der Waals surface area contributed by atoms with E-state index in [1.165, 1.54) is 16.7 Å². The van der Waals surface area contributed by atoms with Crippen molar-refractivity contribution in [1.82, 2.24) is 0 Å². The number of nitrogens with zero attached hydrogens (tertiary/aromatic N) is 1. The van der Waals surface area contributed by atoms with Crippen LogP contribution >= 0.6 is 0 Å². The molecule has 4 rings (SSSR count). The van der Waals surface area contributed by atoms with Crippen LogP contribution in [0.15, 0.2) is 46.8 Å². The summed E-state index contributed by atoms with van der Waals surface area (Å²) in [4.78, 5) is 32.2. The van der Waals surface area contributed by atoms with Gasteiger partial charge >= 0.3 is 5.97 Å². The molecule has 0 saturated carbocycles. The molecule has 0 radical (unpaired) electrons. The summed E-state index contributed by atoms with van der Waals surface area (Å²) >= 11 is 0. The van der Waals surface area contributed by atoms with Crippen LogP contribution < -0.4 is 4.74 Å². The SMILES string of the molecule is CCC/C(=N\OCC)C1=C(OC(=O)c2ccccc2)CC(c2c(C)c(C)c(C)c3c2OCC3)CC1=O. The summed E-state index contributed by atoms with van der Waals surface area (Å²) in [6.07, 6.45) is 2.92. The van der Waals surface area contributed by atoms with Crippen LogP contribution in [0.25, 0.3) is 0 Å². The van der Waals surface area contributed by atoms with Gasteiger partial charge in [-0.1, -0.05) is 36.7 Å². The van der Waals surface area contributed by atoms with Crippen molar-refractivity contribution >= 4 is 17.5 Å². The molecule has 1 aliphatic carbocycles. The van der Waals surface area contributed by atoms with Crippen molar-refractivity contribution in [1.29, 1.82) is 0 Å². The van der Waals surface area contributed by atoms with Crippen molar-refractivity contribution in [2.75, 3.05) is 13.2 Å². The quantitative estimate of drug-likeness (QED) is 0.247. The standard InChI is InChI=1S/C30H35NO5/c1-6-11-24(31-35-7-2)28-25(32)16-22(17-26(28)36-30(33)21-12-9-8-10-13-21)27-20(5)18(3)19(4)23-14-15-34-29(23)27/h8-10,12-13,22H,6-7,11,14-17H2,1-5H3/b31-24+. The highest BCUT2D eigenvalue weighted by molar-refractivity contribution is 6.23. The van der Waals surface area contributed by atoms with E-state index in [9.17, 15) is 9.59 Å².